The third kappa shape index (κ3) is 5.69. The third-order valence-corrected chi connectivity index (χ3v) is 3.52. The average Bonchev–Trinajstić information content (AvgIpc) is 3.16. The normalized spacial score (nSPS) is 11.2. The minimum absolute atomic E-state index is 0.158. The van der Waals surface area contributed by atoms with Gasteiger partial charge in [-0.15, -0.1) is 18.3 Å². The standard InChI is InChI=1S/C18H15F3N4O4/c1-27-11-28-17(26)23-13-4-2-12(3-5-13)16-22-10-25(24-16)14-6-8-15(9-7-14)29-18(19,20)21/h2-10H,11H2,1H3,(H,23,26). The minimum atomic E-state index is -4.75. The fourth-order valence-corrected chi connectivity index (χ4v) is 2.29. The number of nitrogens with one attached hydrogen (secondary N) is 1. The first-order chi connectivity index (χ1) is 13.8. The van der Waals surface area contributed by atoms with Crippen LogP contribution in [0, 0.1) is 0 Å². The van der Waals surface area contributed by atoms with Gasteiger partial charge in [0.15, 0.2) is 12.6 Å². The molecule has 3 aromatic rings. The van der Waals surface area contributed by atoms with E-state index in [9.17, 15) is 18.0 Å². The Morgan fingerprint density at radius 2 is 1.79 bits per heavy atom. The van der Waals surface area contributed by atoms with Crippen molar-refractivity contribution in [2.45, 2.75) is 6.36 Å². The number of carbonyl (C=O) groups excluding carboxylic acids is 1. The number of carbonyl (C=O) groups is 1. The average molecular weight is 408 g/mol. The number of halogens is 3. The van der Waals surface area contributed by atoms with Gasteiger partial charge >= 0.3 is 12.5 Å². The summed E-state index contributed by atoms with van der Waals surface area (Å²) in [6.45, 7) is -0.158. The molecule has 2 aromatic carbocycles. The second-order valence-electron chi connectivity index (χ2n) is 5.60. The van der Waals surface area contributed by atoms with Gasteiger partial charge in [0, 0.05) is 18.4 Å². The number of nitrogens with zero attached hydrogens (tertiary/aromatic N) is 3. The molecule has 0 aliphatic carbocycles. The van der Waals surface area contributed by atoms with Gasteiger partial charge in [-0.2, -0.15) is 0 Å². The molecule has 0 bridgehead atoms. The Hall–Kier alpha value is -3.60. The van der Waals surface area contributed by atoms with Gasteiger partial charge in [0.2, 0.25) is 0 Å². The molecule has 0 saturated carbocycles. The molecule has 0 atom stereocenters. The Balaban J connectivity index is 1.67. The van der Waals surface area contributed by atoms with Crippen LogP contribution in [0.25, 0.3) is 17.1 Å². The molecule has 0 aliphatic heterocycles. The van der Waals surface area contributed by atoms with E-state index < -0.39 is 12.5 Å². The Labute approximate surface area is 162 Å². The quantitative estimate of drug-likeness (QED) is 0.621. The summed E-state index contributed by atoms with van der Waals surface area (Å²) < 4.78 is 51.3. The number of anilines is 1. The molecule has 3 rings (SSSR count). The lowest BCUT2D eigenvalue weighted by Crippen LogP contribution is -2.17. The molecule has 1 aromatic heterocycles. The van der Waals surface area contributed by atoms with Crippen molar-refractivity contribution in [3.05, 3.63) is 54.9 Å². The zero-order chi connectivity index (χ0) is 20.9. The molecule has 0 spiro atoms. The summed E-state index contributed by atoms with van der Waals surface area (Å²) in [5.41, 5.74) is 1.70. The highest BCUT2D eigenvalue weighted by Crippen LogP contribution is 2.24. The molecule has 8 nitrogen and oxygen atoms in total. The van der Waals surface area contributed by atoms with Crippen LogP contribution in [0.4, 0.5) is 23.7 Å². The smallest absolute Gasteiger partial charge is 0.422 e. The number of hydrogen-bond donors (Lipinski definition) is 1. The fraction of sp³-hybridized carbons (Fsp3) is 0.167. The van der Waals surface area contributed by atoms with E-state index in [4.69, 9.17) is 4.74 Å². The lowest BCUT2D eigenvalue weighted by molar-refractivity contribution is -0.274. The summed E-state index contributed by atoms with van der Waals surface area (Å²) in [6, 6.07) is 11.9. The van der Waals surface area contributed by atoms with Crippen LogP contribution in [-0.4, -0.2) is 41.1 Å². The molecule has 29 heavy (non-hydrogen) atoms. The van der Waals surface area contributed by atoms with Crippen molar-refractivity contribution in [1.29, 1.82) is 0 Å². The Kier molecular flexibility index (Phi) is 5.98. The predicted octanol–water partition coefficient (Wildman–Crippen LogP) is 3.99. The van der Waals surface area contributed by atoms with Gasteiger partial charge in [0.1, 0.15) is 12.1 Å². The van der Waals surface area contributed by atoms with Gasteiger partial charge < -0.3 is 14.2 Å². The van der Waals surface area contributed by atoms with Crippen molar-refractivity contribution in [1.82, 2.24) is 14.8 Å². The summed E-state index contributed by atoms with van der Waals surface area (Å²) in [4.78, 5) is 15.7. The van der Waals surface area contributed by atoms with Crippen LogP contribution in [0.3, 0.4) is 0 Å². The lowest BCUT2D eigenvalue weighted by atomic mass is 10.2. The first kappa shape index (κ1) is 20.1. The molecule has 1 amide bonds. The summed E-state index contributed by atoms with van der Waals surface area (Å²) in [6.07, 6.45) is -3.97. The van der Waals surface area contributed by atoms with E-state index in [1.54, 1.807) is 24.3 Å². The Morgan fingerprint density at radius 1 is 1.10 bits per heavy atom. The van der Waals surface area contributed by atoms with E-state index >= 15 is 0 Å². The Bertz CT molecular complexity index is 956. The van der Waals surface area contributed by atoms with E-state index in [1.165, 1.54) is 42.4 Å². The van der Waals surface area contributed by atoms with Gasteiger partial charge in [-0.1, -0.05) is 0 Å². The predicted molar refractivity (Wildman–Crippen MR) is 95.5 cm³/mol. The lowest BCUT2D eigenvalue weighted by Gasteiger charge is -2.09. The number of ether oxygens (including phenoxy) is 3. The topological polar surface area (TPSA) is 87.5 Å². The maximum atomic E-state index is 12.2. The van der Waals surface area contributed by atoms with Crippen molar-refractivity contribution in [3.8, 4) is 22.8 Å². The summed E-state index contributed by atoms with van der Waals surface area (Å²) in [7, 11) is 1.40. The van der Waals surface area contributed by atoms with Crippen LogP contribution in [0.15, 0.2) is 54.9 Å². The summed E-state index contributed by atoms with van der Waals surface area (Å²) >= 11 is 0. The second kappa shape index (κ2) is 8.61. The SMILES string of the molecule is COCOC(=O)Nc1ccc(-c2ncn(-c3ccc(OC(F)(F)F)cc3)n2)cc1. The molecule has 1 heterocycles. The van der Waals surface area contributed by atoms with Crippen molar-refractivity contribution >= 4 is 11.8 Å². The number of alkyl halides is 3. The number of aromatic nitrogens is 3. The molecule has 11 heteroatoms. The minimum Gasteiger partial charge on any atom is -0.422 e. The zero-order valence-corrected chi connectivity index (χ0v) is 15.0. The van der Waals surface area contributed by atoms with Gasteiger partial charge in [-0.3, -0.25) is 5.32 Å². The molecule has 1 N–H and O–H groups in total. The highest BCUT2D eigenvalue weighted by molar-refractivity contribution is 5.84. The summed E-state index contributed by atoms with van der Waals surface area (Å²) in [5.74, 6) is 0.0721. The molecule has 152 valence electrons. The number of rotatable bonds is 6. The van der Waals surface area contributed by atoms with E-state index in [1.807, 2.05) is 0 Å². The van der Waals surface area contributed by atoms with Crippen molar-refractivity contribution < 1.29 is 32.2 Å². The van der Waals surface area contributed by atoms with Crippen LogP contribution >= 0.6 is 0 Å². The molecule has 0 radical (unpaired) electrons. The van der Waals surface area contributed by atoms with Crippen LogP contribution in [0.1, 0.15) is 0 Å². The van der Waals surface area contributed by atoms with Crippen LogP contribution < -0.4 is 10.1 Å². The number of benzene rings is 2. The van der Waals surface area contributed by atoms with Gasteiger partial charge in [0.25, 0.3) is 0 Å². The molecule has 0 unspecified atom stereocenters. The van der Waals surface area contributed by atoms with Crippen molar-refractivity contribution in [2.24, 2.45) is 0 Å². The largest absolute Gasteiger partial charge is 0.573 e. The zero-order valence-electron chi connectivity index (χ0n) is 15.0. The molecule has 0 fully saturated rings. The van der Waals surface area contributed by atoms with Gasteiger partial charge in [-0.05, 0) is 48.5 Å². The highest BCUT2D eigenvalue weighted by atomic mass is 19.4. The van der Waals surface area contributed by atoms with Crippen molar-refractivity contribution in [2.75, 3.05) is 19.2 Å². The van der Waals surface area contributed by atoms with Crippen LogP contribution in [-0.2, 0) is 9.47 Å². The number of amides is 1. The van der Waals surface area contributed by atoms with Gasteiger partial charge in [-0.25, -0.2) is 14.5 Å². The van der Waals surface area contributed by atoms with Crippen LogP contribution in [0.2, 0.25) is 0 Å². The fourth-order valence-electron chi connectivity index (χ4n) is 2.29. The highest BCUT2D eigenvalue weighted by Gasteiger charge is 2.31. The van der Waals surface area contributed by atoms with E-state index in [2.05, 4.69) is 24.9 Å². The van der Waals surface area contributed by atoms with E-state index in [0.717, 1.165) is 0 Å². The van der Waals surface area contributed by atoms with Crippen molar-refractivity contribution in [3.63, 3.8) is 0 Å². The molecular weight excluding hydrogens is 393 g/mol. The monoisotopic (exact) mass is 408 g/mol. The molecular formula is C18H15F3N4O4. The van der Waals surface area contributed by atoms with Gasteiger partial charge in [0.05, 0.1) is 5.69 Å². The maximum Gasteiger partial charge on any atom is 0.573 e. The Morgan fingerprint density at radius 3 is 2.41 bits per heavy atom. The second-order valence-corrected chi connectivity index (χ2v) is 5.60. The molecule has 0 aliphatic rings. The third-order valence-electron chi connectivity index (χ3n) is 3.52. The summed E-state index contributed by atoms with van der Waals surface area (Å²) in [5, 5.41) is 6.83. The van der Waals surface area contributed by atoms with E-state index in [-0.39, 0.29) is 12.5 Å². The van der Waals surface area contributed by atoms with Crippen LogP contribution in [0.5, 0.6) is 5.75 Å². The maximum absolute atomic E-state index is 12.2. The first-order valence-electron chi connectivity index (χ1n) is 8.15. The van der Waals surface area contributed by atoms with E-state index in [0.29, 0.717) is 22.8 Å². The number of methoxy groups -OCH3 is 1. The number of hydrogen-bond acceptors (Lipinski definition) is 6. The molecule has 0 saturated heterocycles. The first-order valence-corrected chi connectivity index (χ1v) is 8.15.